The van der Waals surface area contributed by atoms with E-state index in [0.717, 1.165) is 18.2 Å². The molecule has 0 aliphatic rings. The van der Waals surface area contributed by atoms with Gasteiger partial charge in [0, 0.05) is 36.7 Å². The summed E-state index contributed by atoms with van der Waals surface area (Å²) >= 11 is 0. The Hall–Kier alpha value is -6.42. The van der Waals surface area contributed by atoms with Crippen molar-refractivity contribution >= 4 is 22.9 Å². The minimum Gasteiger partial charge on any atom is -0.493 e. The van der Waals surface area contributed by atoms with Gasteiger partial charge >= 0.3 is 5.97 Å². The molecule has 13 heteroatoms. The SMILES string of the molecule is COc1cn(C(C)=O)cc1-n1c(Cc2cc(F)c(-c3cccc(OCc4ccc(C#N)cc4F)n3)cc2F)nc2ccc(C(=O)O)cc21. The largest absolute Gasteiger partial charge is 0.493 e. The van der Waals surface area contributed by atoms with Crippen molar-refractivity contribution in [2.24, 2.45) is 0 Å². The third-order valence-corrected chi connectivity index (χ3v) is 7.61. The zero-order chi connectivity index (χ0) is 34.1. The summed E-state index contributed by atoms with van der Waals surface area (Å²) in [4.78, 5) is 32.8. The highest BCUT2D eigenvalue weighted by molar-refractivity contribution is 5.93. The van der Waals surface area contributed by atoms with Gasteiger partial charge in [-0.3, -0.25) is 13.9 Å². The van der Waals surface area contributed by atoms with Crippen LogP contribution in [-0.4, -0.2) is 43.2 Å². The van der Waals surface area contributed by atoms with Crippen molar-refractivity contribution in [2.45, 2.75) is 20.0 Å². The molecule has 1 N–H and O–H groups in total. The minimum atomic E-state index is -1.17. The van der Waals surface area contributed by atoms with Crippen LogP contribution >= 0.6 is 0 Å². The fourth-order valence-corrected chi connectivity index (χ4v) is 5.20. The van der Waals surface area contributed by atoms with Crippen LogP contribution in [0.3, 0.4) is 0 Å². The predicted octanol–water partition coefficient (Wildman–Crippen LogP) is 6.71. The van der Waals surface area contributed by atoms with Crippen molar-refractivity contribution in [1.82, 2.24) is 19.1 Å². The number of aromatic nitrogens is 4. The fourth-order valence-electron chi connectivity index (χ4n) is 5.20. The number of fused-ring (bicyclic) bond motifs is 1. The Balaban J connectivity index is 1.35. The maximum Gasteiger partial charge on any atom is 0.335 e. The number of carbonyl (C=O) groups excluding carboxylic acids is 1. The molecule has 3 aromatic carbocycles. The molecule has 240 valence electrons. The monoisotopic (exact) mass is 651 g/mol. The number of rotatable bonds is 9. The van der Waals surface area contributed by atoms with Crippen LogP contribution in [0.2, 0.25) is 0 Å². The number of aromatic carboxylic acids is 1. The van der Waals surface area contributed by atoms with Gasteiger partial charge in [0.25, 0.3) is 0 Å². The van der Waals surface area contributed by atoms with E-state index in [9.17, 15) is 19.1 Å². The molecule has 0 bridgehead atoms. The van der Waals surface area contributed by atoms with Gasteiger partial charge in [-0.05, 0) is 54.1 Å². The number of carboxylic acids is 1. The van der Waals surface area contributed by atoms with Gasteiger partial charge in [-0.2, -0.15) is 5.26 Å². The van der Waals surface area contributed by atoms with E-state index in [2.05, 4.69) is 9.97 Å². The molecule has 0 saturated carbocycles. The van der Waals surface area contributed by atoms with Crippen LogP contribution in [-0.2, 0) is 13.0 Å². The molecule has 0 radical (unpaired) electrons. The molecule has 0 atom stereocenters. The Morgan fingerprint density at radius 3 is 2.44 bits per heavy atom. The van der Waals surface area contributed by atoms with Crippen molar-refractivity contribution in [3.63, 3.8) is 0 Å². The van der Waals surface area contributed by atoms with Crippen LogP contribution in [0.1, 0.15) is 44.6 Å². The molecule has 6 aromatic rings. The quantitative estimate of drug-likeness (QED) is 0.182. The number of ether oxygens (including phenoxy) is 2. The van der Waals surface area contributed by atoms with Crippen LogP contribution in [0.15, 0.2) is 79.1 Å². The van der Waals surface area contributed by atoms with Gasteiger partial charge in [0.1, 0.15) is 35.6 Å². The smallest absolute Gasteiger partial charge is 0.335 e. The van der Waals surface area contributed by atoms with E-state index in [1.807, 2.05) is 6.07 Å². The molecule has 0 spiro atoms. The summed E-state index contributed by atoms with van der Waals surface area (Å²) in [7, 11) is 1.40. The number of nitrogens with zero attached hydrogens (tertiary/aromatic N) is 5. The molecule has 10 nitrogen and oxygen atoms in total. The van der Waals surface area contributed by atoms with E-state index in [1.165, 1.54) is 79.5 Å². The molecule has 0 aliphatic heterocycles. The highest BCUT2D eigenvalue weighted by atomic mass is 19.1. The van der Waals surface area contributed by atoms with Gasteiger partial charge in [0.15, 0.2) is 5.75 Å². The maximum atomic E-state index is 15.7. The van der Waals surface area contributed by atoms with Crippen molar-refractivity contribution in [2.75, 3.05) is 7.11 Å². The number of hydrogen-bond acceptors (Lipinski definition) is 7. The molecule has 0 fully saturated rings. The number of imidazole rings is 1. The Bertz CT molecular complexity index is 2290. The molecule has 3 heterocycles. The van der Waals surface area contributed by atoms with Gasteiger partial charge in [-0.25, -0.2) is 27.9 Å². The first-order valence-electron chi connectivity index (χ1n) is 14.3. The zero-order valence-electron chi connectivity index (χ0n) is 25.4. The zero-order valence-corrected chi connectivity index (χ0v) is 25.4. The van der Waals surface area contributed by atoms with Gasteiger partial charge in [-0.1, -0.05) is 12.1 Å². The second-order valence-corrected chi connectivity index (χ2v) is 10.7. The number of carboxylic acid groups (broad SMARTS) is 1. The third-order valence-electron chi connectivity index (χ3n) is 7.61. The predicted molar refractivity (Wildman–Crippen MR) is 167 cm³/mol. The highest BCUT2D eigenvalue weighted by Gasteiger charge is 2.22. The molecule has 0 saturated heterocycles. The maximum absolute atomic E-state index is 15.7. The van der Waals surface area contributed by atoms with Gasteiger partial charge in [0.2, 0.25) is 11.8 Å². The molecule has 3 aromatic heterocycles. The first kappa shape index (κ1) is 31.6. The van der Waals surface area contributed by atoms with Crippen molar-refractivity contribution < 1.29 is 37.3 Å². The first-order valence-corrected chi connectivity index (χ1v) is 14.3. The summed E-state index contributed by atoms with van der Waals surface area (Å²) in [5, 5.41) is 18.5. The normalized spacial score (nSPS) is 11.0. The summed E-state index contributed by atoms with van der Waals surface area (Å²) in [6, 6.07) is 16.6. The Kier molecular flexibility index (Phi) is 8.39. The summed E-state index contributed by atoms with van der Waals surface area (Å²) in [6.07, 6.45) is 2.71. The lowest BCUT2D eigenvalue weighted by atomic mass is 10.0. The van der Waals surface area contributed by atoms with Crippen molar-refractivity contribution in [3.8, 4) is 34.6 Å². The van der Waals surface area contributed by atoms with Gasteiger partial charge in [0.05, 0.1) is 47.2 Å². The van der Waals surface area contributed by atoms with Crippen LogP contribution in [0, 0.1) is 28.8 Å². The number of nitriles is 1. The molecule has 6 rings (SSSR count). The summed E-state index contributed by atoms with van der Waals surface area (Å²) in [5.74, 6) is -3.13. The van der Waals surface area contributed by atoms with E-state index in [0.29, 0.717) is 16.7 Å². The number of carbonyl (C=O) groups is 2. The van der Waals surface area contributed by atoms with Gasteiger partial charge in [-0.15, -0.1) is 0 Å². The molecule has 0 amide bonds. The Morgan fingerprint density at radius 1 is 0.938 bits per heavy atom. The molecular formula is C35H24F3N5O5. The lowest BCUT2D eigenvalue weighted by Crippen LogP contribution is -2.06. The second-order valence-electron chi connectivity index (χ2n) is 10.7. The fraction of sp³-hybridized carbons (Fsp3) is 0.114. The highest BCUT2D eigenvalue weighted by Crippen LogP contribution is 2.33. The van der Waals surface area contributed by atoms with Crippen molar-refractivity contribution in [3.05, 3.63) is 125 Å². The summed E-state index contributed by atoms with van der Waals surface area (Å²) in [6.45, 7) is 1.14. The number of benzene rings is 3. The lowest BCUT2D eigenvalue weighted by molar-refractivity contribution is 0.0696. The summed E-state index contributed by atoms with van der Waals surface area (Å²) < 4.78 is 59.5. The van der Waals surface area contributed by atoms with Crippen LogP contribution in [0.4, 0.5) is 13.2 Å². The van der Waals surface area contributed by atoms with Crippen molar-refractivity contribution in [1.29, 1.82) is 5.26 Å². The number of pyridine rings is 1. The molecule has 0 unspecified atom stereocenters. The van der Waals surface area contributed by atoms with Crippen LogP contribution in [0.25, 0.3) is 28.0 Å². The molecular weight excluding hydrogens is 627 g/mol. The first-order chi connectivity index (χ1) is 23.1. The Morgan fingerprint density at radius 2 is 1.73 bits per heavy atom. The lowest BCUT2D eigenvalue weighted by Gasteiger charge is -2.12. The average Bonchev–Trinajstić information content (AvgIpc) is 3.66. The summed E-state index contributed by atoms with van der Waals surface area (Å²) in [5.41, 5.74) is 1.26. The van der Waals surface area contributed by atoms with Crippen LogP contribution < -0.4 is 9.47 Å². The Labute approximate surface area is 270 Å². The van der Waals surface area contributed by atoms with E-state index in [-0.39, 0.29) is 69.9 Å². The van der Waals surface area contributed by atoms with E-state index in [1.54, 1.807) is 4.57 Å². The van der Waals surface area contributed by atoms with E-state index >= 15 is 8.78 Å². The number of halogens is 3. The van der Waals surface area contributed by atoms with Gasteiger partial charge < -0.3 is 14.6 Å². The molecule has 48 heavy (non-hydrogen) atoms. The van der Waals surface area contributed by atoms with Crippen LogP contribution in [0.5, 0.6) is 11.6 Å². The number of hydrogen-bond donors (Lipinski definition) is 1. The minimum absolute atomic E-state index is 0.0255. The topological polar surface area (TPSA) is 132 Å². The molecule has 0 aliphatic carbocycles. The standard InChI is InChI=1S/C35H24F3N5O5/c1-19(44)42-16-31(32(17-42)47-2)43-30-12-21(35(45)46)8-9-29(30)40-33(43)13-23-11-27(38)24(14-26(23)37)28-4-3-5-34(41-28)48-18-22-7-6-20(15-39)10-25(22)36/h3-12,14,16-17H,13,18H2,1-2H3,(H,45,46). The second kappa shape index (κ2) is 12.8. The third kappa shape index (κ3) is 6.06. The van der Waals surface area contributed by atoms with E-state index < -0.39 is 23.4 Å². The number of methoxy groups -OCH3 is 1. The average molecular weight is 652 g/mol. The van der Waals surface area contributed by atoms with E-state index in [4.69, 9.17) is 14.7 Å².